The van der Waals surface area contributed by atoms with E-state index in [0.717, 1.165) is 0 Å². The van der Waals surface area contributed by atoms with Crippen molar-refractivity contribution in [2.45, 2.75) is 0 Å². The van der Waals surface area contributed by atoms with Crippen molar-refractivity contribution >= 4 is 28.6 Å². The van der Waals surface area contributed by atoms with Gasteiger partial charge in [-0.15, -0.1) is 0 Å². The Morgan fingerprint density at radius 1 is 1.86 bits per heavy atom. The summed E-state index contributed by atoms with van der Waals surface area (Å²) in [6, 6.07) is 0. The smallest absolute Gasteiger partial charge is 0.344 e. The summed E-state index contributed by atoms with van der Waals surface area (Å²) < 4.78 is 5.22. The van der Waals surface area contributed by atoms with Crippen LogP contribution in [0.25, 0.3) is 0 Å². The van der Waals surface area contributed by atoms with Crippen LogP contribution in [-0.4, -0.2) is 12.6 Å². The molecule has 0 aromatic rings. The van der Waals surface area contributed by atoms with Gasteiger partial charge in [-0.3, -0.25) is 0 Å². The molecule has 0 amide bonds. The summed E-state index contributed by atoms with van der Waals surface area (Å²) in [5.74, 6) is -0.194. The largest absolute Gasteiger partial charge is 0.457 e. The Bertz CT molecular complexity index is 128. The highest BCUT2D eigenvalue weighted by molar-refractivity contribution is 14.1. The van der Waals surface area contributed by atoms with Crippen molar-refractivity contribution in [2.75, 3.05) is 6.61 Å². The normalized spacial score (nSPS) is 19.0. The summed E-state index contributed by atoms with van der Waals surface area (Å²) in [6.45, 7) is 0.455. The topological polar surface area (TPSA) is 26.3 Å². The van der Waals surface area contributed by atoms with Crippen molar-refractivity contribution in [1.29, 1.82) is 0 Å². The Hall–Kier alpha value is -0.0600. The first-order valence-corrected chi connectivity index (χ1v) is 2.91. The number of cyclic esters (lactones) is 1. The molecule has 0 aromatic carbocycles. The fraction of sp³-hybridized carbons (Fsp3) is 0.250. The number of hydrogen-bond acceptors (Lipinski definition) is 2. The van der Waals surface area contributed by atoms with Gasteiger partial charge in [0, 0.05) is 0 Å². The molecule has 0 saturated heterocycles. The predicted molar refractivity (Wildman–Crippen MR) is 33.1 cm³/mol. The molecule has 0 N–H and O–H groups in total. The third-order valence-electron chi connectivity index (χ3n) is 0.672. The molecule has 0 fully saturated rings. The maximum Gasteiger partial charge on any atom is 0.344 e. The molecule has 38 valence electrons. The lowest BCUT2D eigenvalue weighted by Crippen LogP contribution is -1.92. The highest BCUT2D eigenvalue weighted by Crippen LogP contribution is 2.12. The van der Waals surface area contributed by atoms with Gasteiger partial charge < -0.3 is 4.74 Å². The van der Waals surface area contributed by atoms with Crippen LogP contribution in [0.5, 0.6) is 0 Å². The van der Waals surface area contributed by atoms with Crippen LogP contribution in [-0.2, 0) is 9.53 Å². The molecule has 3 heteroatoms. The number of carbonyl (C=O) groups is 1. The molecule has 7 heavy (non-hydrogen) atoms. The fourth-order valence-electron chi connectivity index (χ4n) is 0.343. The van der Waals surface area contributed by atoms with E-state index >= 15 is 0 Å². The molecule has 1 heterocycles. The summed E-state index contributed by atoms with van der Waals surface area (Å²) in [5, 5.41) is 0. The standard InChI is InChI=1S/C4H3IO2/c5-3-1-2-7-4(3)6/h1H,2H2. The van der Waals surface area contributed by atoms with E-state index in [-0.39, 0.29) is 5.97 Å². The van der Waals surface area contributed by atoms with Crippen molar-refractivity contribution < 1.29 is 9.53 Å². The molecule has 0 aromatic heterocycles. The van der Waals surface area contributed by atoms with Crippen LogP contribution in [0.4, 0.5) is 0 Å². The lowest BCUT2D eigenvalue weighted by atomic mass is 10.6. The summed E-state index contributed by atoms with van der Waals surface area (Å²) in [7, 11) is 0. The Labute approximate surface area is 54.7 Å². The molecule has 0 saturated carbocycles. The summed E-state index contributed by atoms with van der Waals surface area (Å²) in [4.78, 5) is 10.3. The van der Waals surface area contributed by atoms with Gasteiger partial charge in [0.05, 0.1) is 3.58 Å². The Morgan fingerprint density at radius 2 is 2.57 bits per heavy atom. The molecule has 2 nitrogen and oxygen atoms in total. The third-order valence-corrected chi connectivity index (χ3v) is 1.55. The van der Waals surface area contributed by atoms with Crippen molar-refractivity contribution in [2.24, 2.45) is 0 Å². The van der Waals surface area contributed by atoms with E-state index in [1.807, 2.05) is 22.6 Å². The summed E-state index contributed by atoms with van der Waals surface area (Å²) >= 11 is 1.94. The predicted octanol–water partition coefficient (Wildman–Crippen LogP) is 0.862. The van der Waals surface area contributed by atoms with Crippen molar-refractivity contribution in [3.05, 3.63) is 9.66 Å². The second-order valence-electron chi connectivity index (χ2n) is 1.15. The van der Waals surface area contributed by atoms with Crippen LogP contribution in [0, 0.1) is 0 Å². The van der Waals surface area contributed by atoms with Crippen LogP contribution in [0.3, 0.4) is 0 Å². The highest BCUT2D eigenvalue weighted by Gasteiger charge is 2.11. The van der Waals surface area contributed by atoms with E-state index in [9.17, 15) is 4.79 Å². The van der Waals surface area contributed by atoms with Crippen LogP contribution < -0.4 is 0 Å². The highest BCUT2D eigenvalue weighted by atomic mass is 127. The quantitative estimate of drug-likeness (QED) is 0.437. The first-order chi connectivity index (χ1) is 3.30. The number of carbonyl (C=O) groups excluding carboxylic acids is 1. The van der Waals surface area contributed by atoms with Gasteiger partial charge in [-0.2, -0.15) is 0 Å². The van der Waals surface area contributed by atoms with Gasteiger partial charge in [0.15, 0.2) is 0 Å². The van der Waals surface area contributed by atoms with Gasteiger partial charge in [0.1, 0.15) is 6.61 Å². The zero-order valence-electron chi connectivity index (χ0n) is 3.48. The summed E-state index contributed by atoms with van der Waals surface area (Å²) in [6.07, 6.45) is 1.75. The van der Waals surface area contributed by atoms with Gasteiger partial charge in [-0.1, -0.05) is 0 Å². The number of hydrogen-bond donors (Lipinski definition) is 0. The molecule has 1 aliphatic rings. The number of rotatable bonds is 0. The second-order valence-corrected chi connectivity index (χ2v) is 2.31. The summed E-state index contributed by atoms with van der Waals surface area (Å²) in [5.41, 5.74) is 0. The van der Waals surface area contributed by atoms with Gasteiger partial charge in [0.25, 0.3) is 0 Å². The minimum atomic E-state index is -0.194. The molecule has 0 unspecified atom stereocenters. The van der Waals surface area contributed by atoms with Crippen LogP contribution >= 0.6 is 22.6 Å². The first kappa shape index (κ1) is 5.08. The van der Waals surface area contributed by atoms with E-state index in [0.29, 0.717) is 10.2 Å². The van der Waals surface area contributed by atoms with Crippen LogP contribution in [0.1, 0.15) is 0 Å². The van der Waals surface area contributed by atoms with E-state index in [4.69, 9.17) is 0 Å². The van der Waals surface area contributed by atoms with E-state index in [1.54, 1.807) is 6.08 Å². The monoisotopic (exact) mass is 210 g/mol. The molecule has 0 spiro atoms. The number of ether oxygens (including phenoxy) is 1. The second kappa shape index (κ2) is 1.81. The molecule has 0 radical (unpaired) electrons. The molecule has 0 bridgehead atoms. The van der Waals surface area contributed by atoms with Gasteiger partial charge in [0.2, 0.25) is 0 Å². The Balaban J connectivity index is 2.72. The zero-order chi connectivity index (χ0) is 5.28. The molecular weight excluding hydrogens is 207 g/mol. The maximum absolute atomic E-state index is 10.3. The Kier molecular flexibility index (Phi) is 1.32. The van der Waals surface area contributed by atoms with Gasteiger partial charge >= 0.3 is 5.97 Å². The average Bonchev–Trinajstić information content (AvgIpc) is 1.91. The Morgan fingerprint density at radius 3 is 2.71 bits per heavy atom. The molecule has 0 aliphatic carbocycles. The van der Waals surface area contributed by atoms with Gasteiger partial charge in [-0.25, -0.2) is 4.79 Å². The van der Waals surface area contributed by atoms with Crippen LogP contribution in [0.2, 0.25) is 0 Å². The van der Waals surface area contributed by atoms with Crippen LogP contribution in [0.15, 0.2) is 9.66 Å². The molecular formula is C4H3IO2. The third kappa shape index (κ3) is 0.933. The van der Waals surface area contributed by atoms with E-state index < -0.39 is 0 Å². The zero-order valence-corrected chi connectivity index (χ0v) is 5.64. The fourth-order valence-corrected chi connectivity index (χ4v) is 0.678. The molecule has 1 rings (SSSR count). The molecule has 1 aliphatic heterocycles. The lowest BCUT2D eigenvalue weighted by molar-refractivity contribution is -0.135. The lowest BCUT2D eigenvalue weighted by Gasteiger charge is -1.84. The minimum absolute atomic E-state index is 0.194. The van der Waals surface area contributed by atoms with E-state index in [2.05, 4.69) is 4.74 Å². The van der Waals surface area contributed by atoms with Crippen molar-refractivity contribution in [3.8, 4) is 0 Å². The van der Waals surface area contributed by atoms with E-state index in [1.165, 1.54) is 0 Å². The van der Waals surface area contributed by atoms with Crippen molar-refractivity contribution in [1.82, 2.24) is 0 Å². The number of esters is 1. The average molecular weight is 210 g/mol. The first-order valence-electron chi connectivity index (χ1n) is 1.83. The SMILES string of the molecule is O=C1OCC=C1I. The molecule has 0 atom stereocenters. The minimum Gasteiger partial charge on any atom is -0.457 e. The maximum atomic E-state index is 10.3. The van der Waals surface area contributed by atoms with Crippen molar-refractivity contribution in [3.63, 3.8) is 0 Å². The van der Waals surface area contributed by atoms with Gasteiger partial charge in [-0.05, 0) is 28.7 Å². The number of halogens is 1.